The van der Waals surface area contributed by atoms with Crippen LogP contribution in [0.1, 0.15) is 24.8 Å². The molecular weight excluding hydrogens is 464 g/mol. The number of halogens is 1. The van der Waals surface area contributed by atoms with Crippen LogP contribution in [0.15, 0.2) is 60.8 Å². The highest BCUT2D eigenvalue weighted by atomic mass is 35.5. The molecule has 0 saturated carbocycles. The van der Waals surface area contributed by atoms with Crippen molar-refractivity contribution in [1.82, 2.24) is 9.88 Å². The molecule has 6 nitrogen and oxygen atoms in total. The van der Waals surface area contributed by atoms with Gasteiger partial charge in [-0.05, 0) is 67.5 Å². The molecule has 0 atom stereocenters. The molecule has 0 N–H and O–H groups in total. The summed E-state index contributed by atoms with van der Waals surface area (Å²) in [6, 6.07) is 17.6. The zero-order valence-corrected chi connectivity index (χ0v) is 20.4. The second-order valence-corrected chi connectivity index (χ2v) is 9.38. The lowest BCUT2D eigenvalue weighted by atomic mass is 9.90. The molecule has 3 heterocycles. The Kier molecular flexibility index (Phi) is 7.38. The molecule has 2 aromatic carbocycles. The summed E-state index contributed by atoms with van der Waals surface area (Å²) in [5, 5.41) is 0.442. The van der Waals surface area contributed by atoms with Crippen LogP contribution in [0, 0.1) is 5.92 Å². The minimum Gasteiger partial charge on any atom is -0.486 e. The van der Waals surface area contributed by atoms with Crippen molar-refractivity contribution in [2.24, 2.45) is 5.92 Å². The third kappa shape index (κ3) is 5.88. The normalized spacial score (nSPS) is 15.6. The molecule has 35 heavy (non-hydrogen) atoms. The quantitative estimate of drug-likeness (QED) is 0.412. The van der Waals surface area contributed by atoms with Gasteiger partial charge in [0.05, 0.1) is 0 Å². The number of hydrogen-bond donors (Lipinski definition) is 0. The van der Waals surface area contributed by atoms with Crippen molar-refractivity contribution >= 4 is 17.5 Å². The fraction of sp³-hybridized carbons (Fsp3) is 0.357. The topological polar surface area (TPSA) is 60.9 Å². The molecule has 0 bridgehead atoms. The maximum Gasteiger partial charge on any atom is 0.260 e. The second-order valence-electron chi connectivity index (χ2n) is 9.00. The summed E-state index contributed by atoms with van der Waals surface area (Å²) >= 11 is 5.91. The largest absolute Gasteiger partial charge is 0.486 e. The second kappa shape index (κ2) is 11.0. The Hall–Kier alpha value is -3.25. The van der Waals surface area contributed by atoms with Gasteiger partial charge in [0.2, 0.25) is 0 Å². The number of para-hydroxylation sites is 1. The van der Waals surface area contributed by atoms with Crippen molar-refractivity contribution in [3.8, 4) is 28.4 Å². The van der Waals surface area contributed by atoms with Crippen LogP contribution in [0.3, 0.4) is 0 Å². The molecule has 7 heteroatoms. The average Bonchev–Trinajstić information content (AvgIpc) is 2.91. The number of fused-ring (bicyclic) bond motifs is 1. The van der Waals surface area contributed by atoms with Gasteiger partial charge in [0.1, 0.15) is 24.1 Å². The van der Waals surface area contributed by atoms with E-state index in [4.69, 9.17) is 25.8 Å². The van der Waals surface area contributed by atoms with E-state index in [1.807, 2.05) is 41.3 Å². The lowest BCUT2D eigenvalue weighted by molar-refractivity contribution is -0.134. The lowest BCUT2D eigenvalue weighted by Crippen LogP contribution is -2.41. The van der Waals surface area contributed by atoms with Crippen LogP contribution in [0.25, 0.3) is 11.1 Å². The molecule has 1 fully saturated rings. The number of hydrogen-bond acceptors (Lipinski definition) is 5. The lowest BCUT2D eigenvalue weighted by Gasteiger charge is -2.32. The zero-order chi connectivity index (χ0) is 24.0. The molecule has 0 spiro atoms. The maximum atomic E-state index is 12.8. The van der Waals surface area contributed by atoms with Gasteiger partial charge in [-0.3, -0.25) is 4.79 Å². The number of carbonyl (C=O) groups is 1. The molecule has 0 unspecified atom stereocenters. The molecule has 2 aliphatic rings. The number of piperidine rings is 1. The molecule has 1 aromatic heterocycles. The molecule has 182 valence electrons. The predicted octanol–water partition coefficient (Wildman–Crippen LogP) is 5.42. The molecule has 5 rings (SSSR count). The summed E-state index contributed by atoms with van der Waals surface area (Å²) in [7, 11) is 0. The van der Waals surface area contributed by atoms with Crippen molar-refractivity contribution in [3.05, 3.63) is 71.5 Å². The first-order valence-electron chi connectivity index (χ1n) is 12.2. The van der Waals surface area contributed by atoms with Crippen LogP contribution in [-0.2, 0) is 11.2 Å². The van der Waals surface area contributed by atoms with Crippen molar-refractivity contribution in [3.63, 3.8) is 0 Å². The number of ether oxygens (including phenoxy) is 3. The first-order chi connectivity index (χ1) is 17.2. The highest BCUT2D eigenvalue weighted by molar-refractivity contribution is 6.29. The fourth-order valence-electron chi connectivity index (χ4n) is 4.68. The smallest absolute Gasteiger partial charge is 0.260 e. The van der Waals surface area contributed by atoms with Crippen LogP contribution in [0.2, 0.25) is 5.15 Å². The van der Waals surface area contributed by atoms with Gasteiger partial charge in [-0.15, -0.1) is 0 Å². The summed E-state index contributed by atoms with van der Waals surface area (Å²) in [6.45, 7) is 2.80. The third-order valence-corrected chi connectivity index (χ3v) is 6.92. The molecule has 2 aliphatic heterocycles. The SMILES string of the molecule is O=C(COc1ccccc1-c1ccc(Cl)nc1)N1CCC(CCc2ccc3c(c2)OCCO3)CC1. The van der Waals surface area contributed by atoms with Gasteiger partial charge in [0, 0.05) is 30.4 Å². The van der Waals surface area contributed by atoms with E-state index >= 15 is 0 Å². The van der Waals surface area contributed by atoms with Gasteiger partial charge in [-0.25, -0.2) is 4.98 Å². The van der Waals surface area contributed by atoms with Crippen molar-refractivity contribution in [1.29, 1.82) is 0 Å². The van der Waals surface area contributed by atoms with Gasteiger partial charge < -0.3 is 19.1 Å². The Morgan fingerprint density at radius 2 is 1.83 bits per heavy atom. The van der Waals surface area contributed by atoms with Crippen molar-refractivity contribution in [2.75, 3.05) is 32.9 Å². The number of likely N-dealkylation sites (tertiary alicyclic amines) is 1. The fourth-order valence-corrected chi connectivity index (χ4v) is 4.79. The minimum atomic E-state index is 0.0271. The standard InChI is InChI=1S/C28H29ClN2O4/c29-27-10-8-22(18-30-27)23-3-1-2-4-24(23)35-19-28(32)31-13-11-20(12-14-31)5-6-21-7-9-25-26(17-21)34-16-15-33-25/h1-4,7-10,17-18,20H,5-6,11-16,19H2. The van der Waals surface area contributed by atoms with Gasteiger partial charge >= 0.3 is 0 Å². The van der Waals surface area contributed by atoms with Crippen LogP contribution < -0.4 is 14.2 Å². The Labute approximate surface area is 210 Å². The van der Waals surface area contributed by atoms with E-state index in [1.165, 1.54) is 5.56 Å². The molecule has 1 amide bonds. The van der Waals surface area contributed by atoms with Gasteiger partial charge in [-0.1, -0.05) is 35.9 Å². The first-order valence-corrected chi connectivity index (χ1v) is 12.5. The number of carbonyl (C=O) groups excluding carboxylic acids is 1. The van der Waals surface area contributed by atoms with Crippen LogP contribution in [-0.4, -0.2) is 48.7 Å². The number of aryl methyl sites for hydroxylation is 1. The number of amides is 1. The monoisotopic (exact) mass is 492 g/mol. The Morgan fingerprint density at radius 1 is 1.03 bits per heavy atom. The van der Waals surface area contributed by atoms with Crippen LogP contribution in [0.4, 0.5) is 0 Å². The van der Waals surface area contributed by atoms with E-state index in [-0.39, 0.29) is 12.5 Å². The van der Waals surface area contributed by atoms with Gasteiger partial charge in [0.15, 0.2) is 18.1 Å². The Morgan fingerprint density at radius 3 is 2.63 bits per heavy atom. The number of rotatable bonds is 7. The van der Waals surface area contributed by atoms with Crippen molar-refractivity contribution < 1.29 is 19.0 Å². The van der Waals surface area contributed by atoms with E-state index in [1.54, 1.807) is 12.3 Å². The Balaban J connectivity index is 1.09. The van der Waals surface area contributed by atoms with Gasteiger partial charge in [0.25, 0.3) is 5.91 Å². The summed E-state index contributed by atoms with van der Waals surface area (Å²) < 4.78 is 17.2. The van der Waals surface area contributed by atoms with E-state index in [2.05, 4.69) is 17.1 Å². The maximum absolute atomic E-state index is 12.8. The summed E-state index contributed by atoms with van der Waals surface area (Å²) in [4.78, 5) is 18.9. The highest BCUT2D eigenvalue weighted by Crippen LogP contribution is 2.32. The van der Waals surface area contributed by atoms with Crippen molar-refractivity contribution in [2.45, 2.75) is 25.7 Å². The third-order valence-electron chi connectivity index (χ3n) is 6.69. The molecule has 1 saturated heterocycles. The summed E-state index contributed by atoms with van der Waals surface area (Å²) in [6.07, 6.45) is 5.87. The van der Waals surface area contributed by atoms with Crippen LogP contribution >= 0.6 is 11.6 Å². The Bertz CT molecular complexity index is 1160. The molecule has 0 radical (unpaired) electrons. The first kappa shape index (κ1) is 23.5. The number of aromatic nitrogens is 1. The highest BCUT2D eigenvalue weighted by Gasteiger charge is 2.23. The van der Waals surface area contributed by atoms with E-state index in [0.717, 1.165) is 61.4 Å². The number of benzene rings is 2. The number of nitrogens with zero attached hydrogens (tertiary/aromatic N) is 2. The average molecular weight is 493 g/mol. The van der Waals surface area contributed by atoms with E-state index in [9.17, 15) is 4.79 Å². The summed E-state index contributed by atoms with van der Waals surface area (Å²) in [5.74, 6) is 2.99. The summed E-state index contributed by atoms with van der Waals surface area (Å²) in [5.41, 5.74) is 3.06. The zero-order valence-electron chi connectivity index (χ0n) is 19.6. The van der Waals surface area contributed by atoms with E-state index < -0.39 is 0 Å². The molecule has 0 aliphatic carbocycles. The number of pyridine rings is 1. The van der Waals surface area contributed by atoms with E-state index in [0.29, 0.717) is 30.0 Å². The minimum absolute atomic E-state index is 0.0271. The van der Waals surface area contributed by atoms with Gasteiger partial charge in [-0.2, -0.15) is 0 Å². The molecule has 3 aromatic rings. The molecular formula is C28H29ClN2O4. The van der Waals surface area contributed by atoms with Crippen LogP contribution in [0.5, 0.6) is 17.2 Å². The predicted molar refractivity (Wildman–Crippen MR) is 135 cm³/mol.